The second kappa shape index (κ2) is 5.05. The number of rotatable bonds is 3. The number of thioether (sulfide) groups is 1. The maximum absolute atomic E-state index is 10.7. The van der Waals surface area contributed by atoms with Crippen LogP contribution in [0, 0.1) is 10.1 Å². The summed E-state index contributed by atoms with van der Waals surface area (Å²) in [6, 6.07) is 12.5. The molecule has 0 aromatic heterocycles. The minimum Gasteiger partial charge on any atom is -0.497 e. The molecular formula is C14H12N2O3S. The third kappa shape index (κ3) is 2.30. The number of ether oxygens (including phenoxy) is 1. The first-order valence-corrected chi connectivity index (χ1v) is 6.91. The van der Waals surface area contributed by atoms with Crippen molar-refractivity contribution >= 4 is 23.1 Å². The Bertz CT molecular complexity index is 658. The Hall–Kier alpha value is -2.21. The van der Waals surface area contributed by atoms with E-state index < -0.39 is 4.92 Å². The molecule has 1 atom stereocenters. The average molecular weight is 288 g/mol. The van der Waals surface area contributed by atoms with E-state index in [0.717, 1.165) is 21.9 Å². The van der Waals surface area contributed by atoms with E-state index in [1.165, 1.54) is 12.1 Å². The second-order valence-electron chi connectivity index (χ2n) is 4.35. The number of anilines is 1. The quantitative estimate of drug-likeness (QED) is 0.687. The van der Waals surface area contributed by atoms with Gasteiger partial charge in [0.15, 0.2) is 0 Å². The fraction of sp³-hybridized carbons (Fsp3) is 0.143. The van der Waals surface area contributed by atoms with Crippen LogP contribution >= 0.6 is 11.8 Å². The normalized spacial score (nSPS) is 16.4. The van der Waals surface area contributed by atoms with Crippen molar-refractivity contribution in [3.05, 3.63) is 58.1 Å². The minimum atomic E-state index is -0.390. The molecule has 2 aromatic carbocycles. The molecule has 102 valence electrons. The molecule has 0 amide bonds. The van der Waals surface area contributed by atoms with Crippen LogP contribution in [0.3, 0.4) is 0 Å². The largest absolute Gasteiger partial charge is 0.497 e. The molecule has 1 N–H and O–H groups in total. The van der Waals surface area contributed by atoms with Crippen LogP contribution in [0.4, 0.5) is 11.4 Å². The number of nitro benzene ring substituents is 1. The van der Waals surface area contributed by atoms with Crippen molar-refractivity contribution < 1.29 is 9.66 Å². The molecule has 0 spiro atoms. The predicted molar refractivity (Wildman–Crippen MR) is 78.3 cm³/mol. The van der Waals surface area contributed by atoms with Gasteiger partial charge in [0, 0.05) is 22.7 Å². The lowest BCUT2D eigenvalue weighted by molar-refractivity contribution is -0.384. The Labute approximate surface area is 120 Å². The lowest BCUT2D eigenvalue weighted by Gasteiger charge is -2.10. The van der Waals surface area contributed by atoms with Crippen molar-refractivity contribution in [2.75, 3.05) is 12.4 Å². The van der Waals surface area contributed by atoms with Gasteiger partial charge in [0.25, 0.3) is 5.69 Å². The molecule has 0 saturated carbocycles. The van der Waals surface area contributed by atoms with Gasteiger partial charge < -0.3 is 10.1 Å². The number of hydrogen-bond donors (Lipinski definition) is 1. The zero-order valence-corrected chi connectivity index (χ0v) is 11.5. The van der Waals surface area contributed by atoms with Gasteiger partial charge in [0.2, 0.25) is 0 Å². The summed E-state index contributed by atoms with van der Waals surface area (Å²) in [5.41, 5.74) is 2.17. The number of non-ortho nitro benzene ring substituents is 1. The SMILES string of the molecule is COc1ccc2c(c1)SC(c1ccc([N+](=O)[O-])cc1)N2. The monoisotopic (exact) mass is 288 g/mol. The summed E-state index contributed by atoms with van der Waals surface area (Å²) in [6.45, 7) is 0. The minimum absolute atomic E-state index is 0.0675. The average Bonchev–Trinajstić information content (AvgIpc) is 2.90. The number of hydrogen-bond acceptors (Lipinski definition) is 5. The molecule has 2 aromatic rings. The van der Waals surface area contributed by atoms with Gasteiger partial charge in [-0.15, -0.1) is 0 Å². The van der Waals surface area contributed by atoms with Crippen LogP contribution in [0.15, 0.2) is 47.4 Å². The van der Waals surface area contributed by atoms with Crippen LogP contribution in [-0.4, -0.2) is 12.0 Å². The summed E-state index contributed by atoms with van der Waals surface area (Å²) in [4.78, 5) is 11.4. The van der Waals surface area contributed by atoms with Crippen LogP contribution < -0.4 is 10.1 Å². The highest BCUT2D eigenvalue weighted by molar-refractivity contribution is 8.00. The van der Waals surface area contributed by atoms with Gasteiger partial charge in [-0.25, -0.2) is 0 Å². The molecule has 0 saturated heterocycles. The highest BCUT2D eigenvalue weighted by Gasteiger charge is 2.23. The van der Waals surface area contributed by atoms with Gasteiger partial charge in [0.1, 0.15) is 11.1 Å². The summed E-state index contributed by atoms with van der Waals surface area (Å²) in [5.74, 6) is 0.822. The molecule has 3 rings (SSSR count). The van der Waals surface area contributed by atoms with Crippen molar-refractivity contribution in [1.29, 1.82) is 0 Å². The summed E-state index contributed by atoms with van der Waals surface area (Å²) in [7, 11) is 1.64. The predicted octanol–water partition coefficient (Wildman–Crippen LogP) is 3.82. The van der Waals surface area contributed by atoms with Crippen LogP contribution in [0.1, 0.15) is 10.9 Å². The zero-order valence-electron chi connectivity index (χ0n) is 10.7. The molecule has 1 heterocycles. The van der Waals surface area contributed by atoms with E-state index >= 15 is 0 Å². The maximum Gasteiger partial charge on any atom is 0.269 e. The molecule has 1 aliphatic heterocycles. The van der Waals surface area contributed by atoms with E-state index in [4.69, 9.17) is 4.74 Å². The molecule has 0 aliphatic carbocycles. The third-order valence-corrected chi connectivity index (χ3v) is 4.34. The van der Waals surface area contributed by atoms with Crippen LogP contribution in [0.5, 0.6) is 5.75 Å². The van der Waals surface area contributed by atoms with Gasteiger partial charge in [-0.3, -0.25) is 10.1 Å². The van der Waals surface area contributed by atoms with Crippen LogP contribution in [0.2, 0.25) is 0 Å². The highest BCUT2D eigenvalue weighted by Crippen LogP contribution is 2.47. The highest BCUT2D eigenvalue weighted by atomic mass is 32.2. The Morgan fingerprint density at radius 2 is 2.00 bits per heavy atom. The summed E-state index contributed by atoms with van der Waals surface area (Å²) >= 11 is 1.67. The summed E-state index contributed by atoms with van der Waals surface area (Å²) in [6.07, 6.45) is 0. The molecule has 5 nitrogen and oxygen atoms in total. The van der Waals surface area contributed by atoms with E-state index in [2.05, 4.69) is 5.32 Å². The number of methoxy groups -OCH3 is 1. The molecule has 0 radical (unpaired) electrons. The standard InChI is InChI=1S/C14H12N2O3S/c1-19-11-6-7-12-13(8-11)20-14(15-12)9-2-4-10(5-3-9)16(17)18/h2-8,14-15H,1H3. The number of nitro groups is 1. The Balaban J connectivity index is 1.82. The number of nitrogens with one attached hydrogen (secondary N) is 1. The maximum atomic E-state index is 10.7. The molecule has 1 unspecified atom stereocenters. The van der Waals surface area contributed by atoms with E-state index in [9.17, 15) is 10.1 Å². The number of fused-ring (bicyclic) bond motifs is 1. The van der Waals surface area contributed by atoms with Crippen molar-refractivity contribution in [2.24, 2.45) is 0 Å². The first kappa shape index (κ1) is 12.8. The third-order valence-electron chi connectivity index (χ3n) is 3.13. The molecular weight excluding hydrogens is 276 g/mol. The Morgan fingerprint density at radius 1 is 1.25 bits per heavy atom. The van der Waals surface area contributed by atoms with Gasteiger partial charge in [0.05, 0.1) is 12.0 Å². The number of nitrogens with zero attached hydrogens (tertiary/aromatic N) is 1. The van der Waals surface area contributed by atoms with Crippen LogP contribution in [-0.2, 0) is 0 Å². The van der Waals surface area contributed by atoms with E-state index in [0.29, 0.717) is 0 Å². The first-order chi connectivity index (χ1) is 9.67. The Morgan fingerprint density at radius 3 is 2.65 bits per heavy atom. The van der Waals surface area contributed by atoms with Crippen molar-refractivity contribution in [2.45, 2.75) is 10.3 Å². The molecule has 20 heavy (non-hydrogen) atoms. The van der Waals surface area contributed by atoms with Gasteiger partial charge >= 0.3 is 0 Å². The lowest BCUT2D eigenvalue weighted by Crippen LogP contribution is -2.01. The van der Waals surface area contributed by atoms with Gasteiger partial charge in [-0.2, -0.15) is 0 Å². The fourth-order valence-electron chi connectivity index (χ4n) is 2.07. The fourth-order valence-corrected chi connectivity index (χ4v) is 3.24. The zero-order chi connectivity index (χ0) is 14.1. The molecule has 0 bridgehead atoms. The molecule has 0 fully saturated rings. The van der Waals surface area contributed by atoms with E-state index in [-0.39, 0.29) is 11.1 Å². The summed E-state index contributed by atoms with van der Waals surface area (Å²) in [5, 5.41) is 14.1. The van der Waals surface area contributed by atoms with Crippen molar-refractivity contribution in [3.63, 3.8) is 0 Å². The topological polar surface area (TPSA) is 64.4 Å². The van der Waals surface area contributed by atoms with E-state index in [1.54, 1.807) is 31.0 Å². The smallest absolute Gasteiger partial charge is 0.269 e. The first-order valence-electron chi connectivity index (χ1n) is 6.03. The van der Waals surface area contributed by atoms with Gasteiger partial charge in [-0.05, 0) is 35.9 Å². The molecule has 6 heteroatoms. The number of benzene rings is 2. The van der Waals surface area contributed by atoms with E-state index in [1.807, 2.05) is 18.2 Å². The second-order valence-corrected chi connectivity index (χ2v) is 5.50. The van der Waals surface area contributed by atoms with Crippen molar-refractivity contribution in [3.8, 4) is 5.75 Å². The summed E-state index contributed by atoms with van der Waals surface area (Å²) < 4.78 is 5.21. The molecule has 1 aliphatic rings. The van der Waals surface area contributed by atoms with Gasteiger partial charge in [-0.1, -0.05) is 11.8 Å². The van der Waals surface area contributed by atoms with Crippen molar-refractivity contribution in [1.82, 2.24) is 0 Å². The van der Waals surface area contributed by atoms with Crippen LogP contribution in [0.25, 0.3) is 0 Å². The lowest BCUT2D eigenvalue weighted by atomic mass is 10.2. The Kier molecular flexibility index (Phi) is 3.23.